The van der Waals surface area contributed by atoms with Crippen LogP contribution in [0, 0.1) is 6.92 Å². The molecule has 0 bridgehead atoms. The molecule has 0 amide bonds. The molecular formula is C12H14BrN3S. The highest BCUT2D eigenvalue weighted by atomic mass is 79.9. The van der Waals surface area contributed by atoms with Crippen LogP contribution in [0.15, 0.2) is 28.9 Å². The molecule has 1 atom stereocenters. The van der Waals surface area contributed by atoms with Gasteiger partial charge in [0.05, 0.1) is 11.7 Å². The summed E-state index contributed by atoms with van der Waals surface area (Å²) in [5.41, 5.74) is 6.55. The van der Waals surface area contributed by atoms with Gasteiger partial charge in [0.2, 0.25) is 0 Å². The highest BCUT2D eigenvalue weighted by molar-refractivity contribution is 9.10. The summed E-state index contributed by atoms with van der Waals surface area (Å²) >= 11 is 5.13. The van der Waals surface area contributed by atoms with Crippen LogP contribution in [0.5, 0.6) is 0 Å². The van der Waals surface area contributed by atoms with Crippen LogP contribution in [0.25, 0.3) is 0 Å². The molecule has 3 nitrogen and oxygen atoms in total. The first-order valence-electron chi connectivity index (χ1n) is 5.30. The Bertz CT molecular complexity index is 524. The van der Waals surface area contributed by atoms with Gasteiger partial charge in [-0.1, -0.05) is 0 Å². The van der Waals surface area contributed by atoms with E-state index < -0.39 is 0 Å². The Morgan fingerprint density at radius 2 is 2.24 bits per heavy atom. The number of halogens is 1. The number of rotatable bonds is 3. The van der Waals surface area contributed by atoms with E-state index >= 15 is 0 Å². The van der Waals surface area contributed by atoms with E-state index in [9.17, 15) is 0 Å². The lowest BCUT2D eigenvalue weighted by atomic mass is 10.2. The zero-order valence-electron chi connectivity index (χ0n) is 9.70. The van der Waals surface area contributed by atoms with Crippen LogP contribution in [0.3, 0.4) is 0 Å². The minimum Gasteiger partial charge on any atom is -0.396 e. The predicted molar refractivity (Wildman–Crippen MR) is 77.4 cm³/mol. The lowest BCUT2D eigenvalue weighted by Gasteiger charge is -2.14. The average Bonchev–Trinajstić information content (AvgIpc) is 2.69. The number of nitrogens with two attached hydrogens (primary N) is 1. The number of nitrogen functional groups attached to an aromatic ring is 1. The van der Waals surface area contributed by atoms with E-state index in [-0.39, 0.29) is 6.04 Å². The van der Waals surface area contributed by atoms with Gasteiger partial charge in [-0.15, -0.1) is 11.3 Å². The maximum absolute atomic E-state index is 5.90. The SMILES string of the molecule is Cc1ccc(C(C)Nc2ncc(Br)cc2N)s1. The zero-order valence-corrected chi connectivity index (χ0v) is 12.1. The number of aryl methyl sites for hydroxylation is 1. The van der Waals surface area contributed by atoms with E-state index in [0.29, 0.717) is 5.69 Å². The van der Waals surface area contributed by atoms with Crippen molar-refractivity contribution in [2.45, 2.75) is 19.9 Å². The number of hydrogen-bond acceptors (Lipinski definition) is 4. The third-order valence-electron chi connectivity index (χ3n) is 2.42. The molecule has 90 valence electrons. The third-order valence-corrected chi connectivity index (χ3v) is 4.04. The fourth-order valence-electron chi connectivity index (χ4n) is 1.54. The first kappa shape index (κ1) is 12.4. The van der Waals surface area contributed by atoms with Gasteiger partial charge in [-0.3, -0.25) is 0 Å². The maximum Gasteiger partial charge on any atom is 0.149 e. The van der Waals surface area contributed by atoms with Crippen LogP contribution in [0.1, 0.15) is 22.7 Å². The van der Waals surface area contributed by atoms with Gasteiger partial charge in [0.25, 0.3) is 0 Å². The molecule has 3 N–H and O–H groups in total. The summed E-state index contributed by atoms with van der Waals surface area (Å²) in [4.78, 5) is 6.87. The Kier molecular flexibility index (Phi) is 3.69. The second-order valence-corrected chi connectivity index (χ2v) is 6.14. The molecule has 2 heterocycles. The first-order chi connectivity index (χ1) is 8.06. The number of aromatic nitrogens is 1. The van der Waals surface area contributed by atoms with Crippen LogP contribution in [0.2, 0.25) is 0 Å². The standard InChI is InChI=1S/C12H14BrN3S/c1-7-3-4-11(17-7)8(2)16-12-10(14)5-9(13)6-15-12/h3-6,8H,14H2,1-2H3,(H,15,16). The van der Waals surface area contributed by atoms with Crippen molar-refractivity contribution in [3.05, 3.63) is 38.6 Å². The van der Waals surface area contributed by atoms with Gasteiger partial charge in [-0.2, -0.15) is 0 Å². The third kappa shape index (κ3) is 2.98. The van der Waals surface area contributed by atoms with Crippen molar-refractivity contribution >= 4 is 38.8 Å². The maximum atomic E-state index is 5.90. The average molecular weight is 312 g/mol. The molecule has 0 aromatic carbocycles. The van der Waals surface area contributed by atoms with E-state index in [1.165, 1.54) is 9.75 Å². The molecule has 2 aromatic rings. The van der Waals surface area contributed by atoms with Crippen LogP contribution in [-0.2, 0) is 0 Å². The van der Waals surface area contributed by atoms with Gasteiger partial charge >= 0.3 is 0 Å². The predicted octanol–water partition coefficient (Wildman–Crippen LogP) is 3.97. The largest absolute Gasteiger partial charge is 0.396 e. The van der Waals surface area contributed by atoms with Crippen molar-refractivity contribution in [3.8, 4) is 0 Å². The van der Waals surface area contributed by atoms with Crippen molar-refractivity contribution in [1.29, 1.82) is 0 Å². The molecule has 0 aliphatic rings. The van der Waals surface area contributed by atoms with Gasteiger partial charge in [-0.05, 0) is 48.0 Å². The molecule has 1 unspecified atom stereocenters. The fourth-order valence-corrected chi connectivity index (χ4v) is 2.77. The molecule has 0 aliphatic heterocycles. The summed E-state index contributed by atoms with van der Waals surface area (Å²) in [5.74, 6) is 0.728. The molecule has 0 fully saturated rings. The van der Waals surface area contributed by atoms with Crippen molar-refractivity contribution in [2.75, 3.05) is 11.1 Å². The highest BCUT2D eigenvalue weighted by Gasteiger charge is 2.10. The van der Waals surface area contributed by atoms with Crippen LogP contribution < -0.4 is 11.1 Å². The molecule has 0 aliphatic carbocycles. The Morgan fingerprint density at radius 3 is 2.82 bits per heavy atom. The summed E-state index contributed by atoms with van der Waals surface area (Å²) in [7, 11) is 0. The molecule has 0 saturated heterocycles. The Morgan fingerprint density at radius 1 is 1.47 bits per heavy atom. The Labute approximate surface area is 113 Å². The van der Waals surface area contributed by atoms with E-state index in [1.807, 2.05) is 6.07 Å². The van der Waals surface area contributed by atoms with Crippen LogP contribution in [-0.4, -0.2) is 4.98 Å². The smallest absolute Gasteiger partial charge is 0.149 e. The number of nitrogens with zero attached hydrogens (tertiary/aromatic N) is 1. The quantitative estimate of drug-likeness (QED) is 0.901. The number of pyridine rings is 1. The van der Waals surface area contributed by atoms with Gasteiger partial charge in [0.1, 0.15) is 5.82 Å². The second kappa shape index (κ2) is 5.06. The Hall–Kier alpha value is -1.07. The topological polar surface area (TPSA) is 50.9 Å². The van der Waals surface area contributed by atoms with Crippen molar-refractivity contribution in [3.63, 3.8) is 0 Å². The zero-order chi connectivity index (χ0) is 12.4. The lowest BCUT2D eigenvalue weighted by molar-refractivity contribution is 0.897. The highest BCUT2D eigenvalue weighted by Crippen LogP contribution is 2.28. The van der Waals surface area contributed by atoms with Gasteiger partial charge < -0.3 is 11.1 Å². The molecule has 2 rings (SSSR count). The van der Waals surface area contributed by atoms with Gasteiger partial charge in [0, 0.05) is 20.4 Å². The molecule has 0 spiro atoms. The first-order valence-corrected chi connectivity index (χ1v) is 6.91. The molecular weight excluding hydrogens is 298 g/mol. The summed E-state index contributed by atoms with van der Waals surface area (Å²) in [6, 6.07) is 6.31. The van der Waals surface area contributed by atoms with Crippen LogP contribution in [0.4, 0.5) is 11.5 Å². The lowest BCUT2D eigenvalue weighted by Crippen LogP contribution is -2.08. The van der Waals surface area contributed by atoms with Crippen molar-refractivity contribution in [2.24, 2.45) is 0 Å². The van der Waals surface area contributed by atoms with E-state index in [4.69, 9.17) is 5.73 Å². The molecule has 0 saturated carbocycles. The molecule has 5 heteroatoms. The summed E-state index contributed by atoms with van der Waals surface area (Å²) < 4.78 is 0.889. The van der Waals surface area contributed by atoms with E-state index in [2.05, 4.69) is 52.2 Å². The number of thiophene rings is 1. The van der Waals surface area contributed by atoms with Crippen molar-refractivity contribution in [1.82, 2.24) is 4.98 Å². The number of hydrogen-bond donors (Lipinski definition) is 2. The van der Waals surface area contributed by atoms with E-state index in [0.717, 1.165) is 10.3 Å². The molecule has 0 radical (unpaired) electrons. The van der Waals surface area contributed by atoms with Crippen LogP contribution >= 0.6 is 27.3 Å². The minimum atomic E-state index is 0.213. The summed E-state index contributed by atoms with van der Waals surface area (Å²) in [6.45, 7) is 4.21. The Balaban J connectivity index is 2.15. The second-order valence-electron chi connectivity index (χ2n) is 3.91. The van der Waals surface area contributed by atoms with Gasteiger partial charge in [0.15, 0.2) is 0 Å². The minimum absolute atomic E-state index is 0.213. The summed E-state index contributed by atoms with van der Waals surface area (Å²) in [5, 5.41) is 3.32. The van der Waals surface area contributed by atoms with Gasteiger partial charge in [-0.25, -0.2) is 4.98 Å². The number of anilines is 2. The molecule has 17 heavy (non-hydrogen) atoms. The summed E-state index contributed by atoms with van der Waals surface area (Å²) in [6.07, 6.45) is 1.74. The number of nitrogens with one attached hydrogen (secondary N) is 1. The fraction of sp³-hybridized carbons (Fsp3) is 0.250. The van der Waals surface area contributed by atoms with Crippen molar-refractivity contribution < 1.29 is 0 Å². The van der Waals surface area contributed by atoms with E-state index in [1.54, 1.807) is 17.5 Å². The normalized spacial score (nSPS) is 12.4. The molecule has 2 aromatic heterocycles. The monoisotopic (exact) mass is 311 g/mol.